The molecule has 4 rings (SSSR count). The summed E-state index contributed by atoms with van der Waals surface area (Å²) in [4.78, 5) is 28.9. The Bertz CT molecular complexity index is 874. The molecule has 2 amide bonds. The van der Waals surface area contributed by atoms with Crippen LogP contribution in [0.3, 0.4) is 0 Å². The minimum atomic E-state index is -0.366. The molecule has 2 aliphatic heterocycles. The number of amides is 2. The van der Waals surface area contributed by atoms with E-state index in [0.717, 1.165) is 42.8 Å². The Hall–Kier alpha value is -2.73. The zero-order chi connectivity index (χ0) is 20.4. The predicted molar refractivity (Wildman–Crippen MR) is 107 cm³/mol. The van der Waals surface area contributed by atoms with Gasteiger partial charge in [0.2, 0.25) is 11.8 Å². The number of imide groups is 1. The molecule has 152 valence electrons. The average molecular weight is 396 g/mol. The van der Waals surface area contributed by atoms with Crippen LogP contribution >= 0.6 is 0 Å². The number of carbonyl (C=O) groups excluding carboxylic acids is 2. The van der Waals surface area contributed by atoms with Gasteiger partial charge in [-0.3, -0.25) is 19.4 Å². The highest BCUT2D eigenvalue weighted by Crippen LogP contribution is 2.31. The summed E-state index contributed by atoms with van der Waals surface area (Å²) in [6, 6.07) is 13.7. The maximum Gasteiger partial charge on any atom is 0.247 e. The summed E-state index contributed by atoms with van der Waals surface area (Å²) in [5.41, 5.74) is 2.05. The Labute approximate surface area is 170 Å². The van der Waals surface area contributed by atoms with Gasteiger partial charge in [0.15, 0.2) is 0 Å². The first kappa shape index (κ1) is 19.6. The van der Waals surface area contributed by atoms with Gasteiger partial charge >= 0.3 is 0 Å². The van der Waals surface area contributed by atoms with E-state index in [1.807, 2.05) is 36.4 Å². The van der Waals surface area contributed by atoms with Crippen LogP contribution in [-0.4, -0.2) is 47.9 Å². The Balaban J connectivity index is 1.36. The van der Waals surface area contributed by atoms with Gasteiger partial charge in [-0.2, -0.15) is 0 Å². The number of hydrogen-bond acceptors (Lipinski definition) is 4. The van der Waals surface area contributed by atoms with Crippen LogP contribution in [0.2, 0.25) is 0 Å². The molecule has 6 heteroatoms. The number of carbonyl (C=O) groups is 2. The molecule has 0 radical (unpaired) electrons. The minimum Gasteiger partial charge on any atom is -0.497 e. The van der Waals surface area contributed by atoms with E-state index >= 15 is 0 Å². The molecular weight excluding hydrogens is 371 g/mol. The number of hydrogen-bond donors (Lipinski definition) is 0. The van der Waals surface area contributed by atoms with Crippen molar-refractivity contribution in [3.63, 3.8) is 0 Å². The monoisotopic (exact) mass is 396 g/mol. The van der Waals surface area contributed by atoms with Crippen molar-refractivity contribution in [3.05, 3.63) is 65.5 Å². The summed E-state index contributed by atoms with van der Waals surface area (Å²) in [7, 11) is 1.60. The third-order valence-corrected chi connectivity index (χ3v) is 6.03. The number of nitrogens with zero attached hydrogens (tertiary/aromatic N) is 2. The van der Waals surface area contributed by atoms with E-state index in [1.54, 1.807) is 7.11 Å². The fourth-order valence-corrected chi connectivity index (χ4v) is 4.31. The Morgan fingerprint density at radius 2 is 1.66 bits per heavy atom. The lowest BCUT2D eigenvalue weighted by molar-refractivity contribution is -0.140. The van der Waals surface area contributed by atoms with Crippen LogP contribution in [-0.2, 0) is 16.1 Å². The molecule has 2 aromatic carbocycles. The second-order valence-electron chi connectivity index (χ2n) is 7.75. The molecule has 0 bridgehead atoms. The molecule has 5 nitrogen and oxygen atoms in total. The van der Waals surface area contributed by atoms with E-state index in [2.05, 4.69) is 4.90 Å². The highest BCUT2D eigenvalue weighted by Gasteiger charge is 2.42. The van der Waals surface area contributed by atoms with Crippen molar-refractivity contribution >= 4 is 11.8 Å². The van der Waals surface area contributed by atoms with Gasteiger partial charge in [0.05, 0.1) is 26.1 Å². The van der Waals surface area contributed by atoms with Crippen LogP contribution < -0.4 is 4.74 Å². The Morgan fingerprint density at radius 1 is 1.00 bits per heavy atom. The lowest BCUT2D eigenvalue weighted by atomic mass is 9.89. The van der Waals surface area contributed by atoms with E-state index < -0.39 is 0 Å². The van der Waals surface area contributed by atoms with Crippen LogP contribution in [0, 0.1) is 5.82 Å². The third-order valence-electron chi connectivity index (χ3n) is 6.03. The number of benzene rings is 2. The molecule has 29 heavy (non-hydrogen) atoms. The first-order valence-corrected chi connectivity index (χ1v) is 10.0. The van der Waals surface area contributed by atoms with Crippen molar-refractivity contribution in [2.24, 2.45) is 0 Å². The Kier molecular flexibility index (Phi) is 5.62. The molecule has 0 aliphatic carbocycles. The zero-order valence-electron chi connectivity index (χ0n) is 16.5. The van der Waals surface area contributed by atoms with Crippen LogP contribution in [0.1, 0.15) is 36.3 Å². The fraction of sp³-hybridized carbons (Fsp3) is 0.391. The van der Waals surface area contributed by atoms with Gasteiger partial charge in [-0.15, -0.1) is 0 Å². The van der Waals surface area contributed by atoms with Crippen LogP contribution in [0.4, 0.5) is 4.39 Å². The maximum absolute atomic E-state index is 13.1. The van der Waals surface area contributed by atoms with E-state index in [9.17, 15) is 14.0 Å². The molecule has 1 atom stereocenters. The molecular formula is C23H25FN2O3. The largest absolute Gasteiger partial charge is 0.497 e. The number of halogens is 1. The van der Waals surface area contributed by atoms with Crippen LogP contribution in [0.5, 0.6) is 5.75 Å². The highest BCUT2D eigenvalue weighted by molar-refractivity contribution is 6.05. The van der Waals surface area contributed by atoms with Crippen molar-refractivity contribution in [2.75, 3.05) is 20.2 Å². The van der Waals surface area contributed by atoms with Gasteiger partial charge in [0, 0.05) is 0 Å². The average Bonchev–Trinajstić information content (AvgIpc) is 3.03. The Morgan fingerprint density at radius 3 is 2.28 bits per heavy atom. The van der Waals surface area contributed by atoms with Crippen molar-refractivity contribution in [2.45, 2.75) is 37.8 Å². The van der Waals surface area contributed by atoms with Gasteiger partial charge in [-0.1, -0.05) is 24.3 Å². The van der Waals surface area contributed by atoms with Crippen LogP contribution in [0.25, 0.3) is 0 Å². The van der Waals surface area contributed by atoms with Gasteiger partial charge < -0.3 is 4.74 Å². The first-order valence-electron chi connectivity index (χ1n) is 10.0. The maximum atomic E-state index is 13.1. The number of likely N-dealkylation sites (tertiary alicyclic amines) is 2. The predicted octanol–water partition coefficient (Wildman–Crippen LogP) is 3.34. The smallest absolute Gasteiger partial charge is 0.247 e. The summed E-state index contributed by atoms with van der Waals surface area (Å²) in [6.07, 6.45) is 2.06. The number of ether oxygens (including phenoxy) is 1. The van der Waals surface area contributed by atoms with Crippen LogP contribution in [0.15, 0.2) is 48.5 Å². The second kappa shape index (κ2) is 8.33. The van der Waals surface area contributed by atoms with Gasteiger partial charge in [-0.05, 0) is 67.2 Å². The SMILES string of the molecule is COc1ccc(CN2C(=O)C[C@H](N3CCC(c4ccc(F)cc4)CC3)C2=O)cc1. The standard InChI is InChI=1S/C23H25FN2O3/c1-29-20-8-2-16(3-9-20)15-26-22(27)14-21(23(26)28)25-12-10-18(11-13-25)17-4-6-19(24)7-5-17/h2-9,18,21H,10-15H2,1H3/t21-/m0/s1. The normalized spacial score (nSPS) is 21.0. The zero-order valence-corrected chi connectivity index (χ0v) is 16.5. The first-order chi connectivity index (χ1) is 14.0. The minimum absolute atomic E-state index is 0.106. The molecule has 0 unspecified atom stereocenters. The van der Waals surface area contributed by atoms with Crippen molar-refractivity contribution < 1.29 is 18.7 Å². The van der Waals surface area contributed by atoms with Gasteiger partial charge in [0.1, 0.15) is 11.6 Å². The number of methoxy groups -OCH3 is 1. The second-order valence-corrected chi connectivity index (χ2v) is 7.75. The van der Waals surface area contributed by atoms with Gasteiger partial charge in [0.25, 0.3) is 0 Å². The summed E-state index contributed by atoms with van der Waals surface area (Å²) in [6.45, 7) is 1.83. The fourth-order valence-electron chi connectivity index (χ4n) is 4.31. The lowest BCUT2D eigenvalue weighted by Crippen LogP contribution is -2.45. The van der Waals surface area contributed by atoms with Crippen molar-refractivity contribution in [1.29, 1.82) is 0 Å². The topological polar surface area (TPSA) is 49.9 Å². The molecule has 2 saturated heterocycles. The van der Waals surface area contributed by atoms with Crippen molar-refractivity contribution in [1.82, 2.24) is 9.80 Å². The quantitative estimate of drug-likeness (QED) is 0.728. The third kappa shape index (κ3) is 4.17. The summed E-state index contributed by atoms with van der Waals surface area (Å²) in [5.74, 6) is 0.671. The highest BCUT2D eigenvalue weighted by atomic mass is 19.1. The molecule has 0 saturated carbocycles. The molecule has 0 spiro atoms. The summed E-state index contributed by atoms with van der Waals surface area (Å²) >= 11 is 0. The number of piperidine rings is 1. The molecule has 2 fully saturated rings. The van der Waals surface area contributed by atoms with E-state index in [-0.39, 0.29) is 30.1 Å². The van der Waals surface area contributed by atoms with Gasteiger partial charge in [-0.25, -0.2) is 4.39 Å². The number of rotatable bonds is 5. The molecule has 0 aromatic heterocycles. The molecule has 2 aromatic rings. The van der Waals surface area contributed by atoms with E-state index in [1.165, 1.54) is 17.0 Å². The molecule has 2 aliphatic rings. The molecule has 0 N–H and O–H groups in total. The van der Waals surface area contributed by atoms with Crippen molar-refractivity contribution in [3.8, 4) is 5.75 Å². The summed E-state index contributed by atoms with van der Waals surface area (Å²) in [5, 5.41) is 0. The molecule has 2 heterocycles. The van der Waals surface area contributed by atoms with E-state index in [4.69, 9.17) is 4.74 Å². The lowest BCUT2D eigenvalue weighted by Gasteiger charge is -2.35. The summed E-state index contributed by atoms with van der Waals surface area (Å²) < 4.78 is 18.3. The van der Waals surface area contributed by atoms with E-state index in [0.29, 0.717) is 12.5 Å².